The maximum atomic E-state index is 9.62. The van der Waals surface area contributed by atoms with E-state index in [1.165, 1.54) is 0 Å². The van der Waals surface area contributed by atoms with Crippen molar-refractivity contribution in [2.24, 2.45) is 0 Å². The smallest absolute Gasteiger partial charge is 0.218 e. The normalized spacial score (nSPS) is 10.7. The molecule has 4 aromatic rings. The molecule has 0 saturated carbocycles. The molecular formula is C22H18N4. The highest BCUT2D eigenvalue weighted by molar-refractivity contribution is 5.94. The van der Waals surface area contributed by atoms with Gasteiger partial charge in [0, 0.05) is 31.0 Å². The van der Waals surface area contributed by atoms with E-state index in [-0.39, 0.29) is 0 Å². The molecule has 0 aliphatic heterocycles. The van der Waals surface area contributed by atoms with Crippen LogP contribution in [0.5, 0.6) is 0 Å². The summed E-state index contributed by atoms with van der Waals surface area (Å²) in [7, 11) is 4.06. The van der Waals surface area contributed by atoms with Crippen molar-refractivity contribution in [1.82, 2.24) is 9.55 Å². The number of hydrogen-bond acceptors (Lipinski definition) is 3. The molecule has 0 N–H and O–H groups in total. The third kappa shape index (κ3) is 2.60. The monoisotopic (exact) mass is 338 g/mol. The van der Waals surface area contributed by atoms with Gasteiger partial charge in [0.1, 0.15) is 6.07 Å². The van der Waals surface area contributed by atoms with E-state index in [2.05, 4.69) is 46.3 Å². The first-order valence-electron chi connectivity index (χ1n) is 8.44. The second kappa shape index (κ2) is 6.38. The van der Waals surface area contributed by atoms with Crippen LogP contribution in [0.15, 0.2) is 72.8 Å². The van der Waals surface area contributed by atoms with E-state index in [0.29, 0.717) is 5.82 Å². The number of benzene rings is 3. The van der Waals surface area contributed by atoms with Crippen LogP contribution in [0.25, 0.3) is 27.8 Å². The summed E-state index contributed by atoms with van der Waals surface area (Å²) in [4.78, 5) is 6.62. The molecule has 4 rings (SSSR count). The van der Waals surface area contributed by atoms with E-state index in [1.54, 1.807) is 0 Å². The Morgan fingerprint density at radius 3 is 2.42 bits per heavy atom. The Balaban J connectivity index is 2.05. The molecule has 0 spiro atoms. The zero-order valence-electron chi connectivity index (χ0n) is 14.7. The SMILES string of the molecule is CN(C)c1cccc(-c2cccc3nc(C#N)n(-c4ccccc4)c23)c1. The predicted molar refractivity (Wildman–Crippen MR) is 106 cm³/mol. The van der Waals surface area contributed by atoms with Crippen LogP contribution in [0.4, 0.5) is 5.69 Å². The predicted octanol–water partition coefficient (Wildman–Crippen LogP) is 4.63. The van der Waals surface area contributed by atoms with Crippen molar-refractivity contribution in [3.63, 3.8) is 0 Å². The summed E-state index contributed by atoms with van der Waals surface area (Å²) >= 11 is 0. The summed E-state index contributed by atoms with van der Waals surface area (Å²) in [6.07, 6.45) is 0. The van der Waals surface area contributed by atoms with Crippen LogP contribution in [0.2, 0.25) is 0 Å². The van der Waals surface area contributed by atoms with Gasteiger partial charge >= 0.3 is 0 Å². The minimum absolute atomic E-state index is 0.391. The Kier molecular flexibility index (Phi) is 3.91. The fourth-order valence-electron chi connectivity index (χ4n) is 3.21. The highest BCUT2D eigenvalue weighted by Gasteiger charge is 2.16. The summed E-state index contributed by atoms with van der Waals surface area (Å²) in [6.45, 7) is 0. The van der Waals surface area contributed by atoms with Crippen molar-refractivity contribution >= 4 is 16.7 Å². The Bertz CT molecular complexity index is 1120. The van der Waals surface area contributed by atoms with Gasteiger partial charge in [0.05, 0.1) is 11.0 Å². The molecule has 0 saturated heterocycles. The first-order chi connectivity index (χ1) is 12.7. The molecule has 4 heteroatoms. The number of anilines is 1. The number of imidazole rings is 1. The van der Waals surface area contributed by atoms with E-state index < -0.39 is 0 Å². The first-order valence-corrected chi connectivity index (χ1v) is 8.44. The molecule has 0 unspecified atom stereocenters. The van der Waals surface area contributed by atoms with Crippen LogP contribution in [0, 0.1) is 11.3 Å². The molecule has 3 aromatic carbocycles. The summed E-state index contributed by atoms with van der Waals surface area (Å²) < 4.78 is 1.94. The van der Waals surface area contributed by atoms with Crippen molar-refractivity contribution in [2.45, 2.75) is 0 Å². The molecule has 0 radical (unpaired) electrons. The van der Waals surface area contributed by atoms with Gasteiger partial charge in [0.25, 0.3) is 0 Å². The lowest BCUT2D eigenvalue weighted by atomic mass is 10.0. The average Bonchev–Trinajstić information content (AvgIpc) is 3.07. The average molecular weight is 338 g/mol. The standard InChI is InChI=1S/C22H18N4/c1-25(2)18-11-6-8-16(14-18)19-12-7-13-20-22(19)26(21(15-23)24-20)17-9-4-3-5-10-17/h3-14H,1-2H3. The van der Waals surface area contributed by atoms with E-state index in [0.717, 1.165) is 33.5 Å². The minimum Gasteiger partial charge on any atom is -0.378 e. The zero-order valence-corrected chi connectivity index (χ0v) is 14.7. The van der Waals surface area contributed by atoms with Gasteiger partial charge in [0.15, 0.2) is 0 Å². The quantitative estimate of drug-likeness (QED) is 0.547. The van der Waals surface area contributed by atoms with Crippen molar-refractivity contribution in [3.8, 4) is 22.9 Å². The number of rotatable bonds is 3. The molecular weight excluding hydrogens is 320 g/mol. The zero-order chi connectivity index (χ0) is 18.1. The Morgan fingerprint density at radius 2 is 1.69 bits per heavy atom. The number of hydrogen-bond donors (Lipinski definition) is 0. The highest BCUT2D eigenvalue weighted by Crippen LogP contribution is 2.33. The number of para-hydroxylation sites is 2. The molecule has 0 atom stereocenters. The maximum Gasteiger partial charge on any atom is 0.218 e. The Morgan fingerprint density at radius 1 is 0.923 bits per heavy atom. The van der Waals surface area contributed by atoms with Crippen LogP contribution in [-0.2, 0) is 0 Å². The molecule has 1 aromatic heterocycles. The third-order valence-corrected chi connectivity index (χ3v) is 4.46. The van der Waals surface area contributed by atoms with E-state index >= 15 is 0 Å². The molecule has 0 amide bonds. The Hall–Kier alpha value is -3.58. The van der Waals surface area contributed by atoms with Gasteiger partial charge in [-0.15, -0.1) is 0 Å². The molecule has 1 heterocycles. The van der Waals surface area contributed by atoms with Gasteiger partial charge in [-0.2, -0.15) is 5.26 Å². The lowest BCUT2D eigenvalue weighted by molar-refractivity contribution is 1.05. The molecule has 126 valence electrons. The van der Waals surface area contributed by atoms with Crippen LogP contribution >= 0.6 is 0 Å². The summed E-state index contributed by atoms with van der Waals surface area (Å²) in [5.74, 6) is 0.391. The van der Waals surface area contributed by atoms with Gasteiger partial charge in [-0.25, -0.2) is 4.98 Å². The van der Waals surface area contributed by atoms with E-state index in [1.807, 2.05) is 61.1 Å². The topological polar surface area (TPSA) is 44.9 Å². The number of fused-ring (bicyclic) bond motifs is 1. The van der Waals surface area contributed by atoms with Crippen molar-refractivity contribution in [2.75, 3.05) is 19.0 Å². The Labute approximate surface area is 152 Å². The van der Waals surface area contributed by atoms with Gasteiger partial charge < -0.3 is 4.90 Å². The second-order valence-corrected chi connectivity index (χ2v) is 6.34. The lowest BCUT2D eigenvalue weighted by Gasteiger charge is -2.15. The molecule has 26 heavy (non-hydrogen) atoms. The highest BCUT2D eigenvalue weighted by atomic mass is 15.1. The van der Waals surface area contributed by atoms with Gasteiger partial charge in [0.2, 0.25) is 5.82 Å². The fraction of sp³-hybridized carbons (Fsp3) is 0.0909. The van der Waals surface area contributed by atoms with Gasteiger partial charge in [-0.05, 0) is 35.9 Å². The third-order valence-electron chi connectivity index (χ3n) is 4.46. The van der Waals surface area contributed by atoms with Crippen LogP contribution in [0.3, 0.4) is 0 Å². The summed E-state index contributed by atoms with van der Waals surface area (Å²) in [5, 5.41) is 9.62. The second-order valence-electron chi connectivity index (χ2n) is 6.34. The largest absolute Gasteiger partial charge is 0.378 e. The van der Waals surface area contributed by atoms with Crippen LogP contribution in [0.1, 0.15) is 5.82 Å². The molecule has 0 aliphatic carbocycles. The number of nitriles is 1. The maximum absolute atomic E-state index is 9.62. The summed E-state index contributed by atoms with van der Waals surface area (Å²) in [6, 6.07) is 26.5. The number of nitrogens with zero attached hydrogens (tertiary/aromatic N) is 4. The van der Waals surface area contributed by atoms with Crippen molar-refractivity contribution in [3.05, 3.63) is 78.6 Å². The first kappa shape index (κ1) is 15.9. The van der Waals surface area contributed by atoms with Crippen molar-refractivity contribution in [1.29, 1.82) is 5.26 Å². The van der Waals surface area contributed by atoms with Crippen LogP contribution in [-0.4, -0.2) is 23.6 Å². The van der Waals surface area contributed by atoms with E-state index in [4.69, 9.17) is 0 Å². The fourth-order valence-corrected chi connectivity index (χ4v) is 3.21. The molecule has 0 aliphatic rings. The molecule has 0 bridgehead atoms. The minimum atomic E-state index is 0.391. The van der Waals surface area contributed by atoms with Gasteiger partial charge in [-0.1, -0.05) is 42.5 Å². The van der Waals surface area contributed by atoms with Crippen molar-refractivity contribution < 1.29 is 0 Å². The summed E-state index contributed by atoms with van der Waals surface area (Å²) in [5.41, 5.74) is 5.99. The van der Waals surface area contributed by atoms with E-state index in [9.17, 15) is 5.26 Å². The number of aromatic nitrogens is 2. The lowest BCUT2D eigenvalue weighted by Crippen LogP contribution is -2.08. The molecule has 0 fully saturated rings. The van der Waals surface area contributed by atoms with Gasteiger partial charge in [-0.3, -0.25) is 4.57 Å². The molecule has 4 nitrogen and oxygen atoms in total. The van der Waals surface area contributed by atoms with Crippen LogP contribution < -0.4 is 4.90 Å².